The Labute approximate surface area is 115 Å². The first kappa shape index (κ1) is 13.1. The van der Waals surface area contributed by atoms with Crippen molar-refractivity contribution in [3.05, 3.63) is 0 Å². The van der Waals surface area contributed by atoms with Crippen LogP contribution in [-0.4, -0.2) is 53.4 Å². The minimum atomic E-state index is 0.0836. The molecule has 3 atom stereocenters. The van der Waals surface area contributed by atoms with Gasteiger partial charge in [0.05, 0.1) is 26.2 Å². The number of amides is 2. The second kappa shape index (κ2) is 4.89. The number of hydrogen-bond acceptors (Lipinski definition) is 2. The second-order valence-corrected chi connectivity index (χ2v) is 6.71. The molecule has 3 aliphatic rings. The van der Waals surface area contributed by atoms with Crippen molar-refractivity contribution in [1.82, 2.24) is 4.90 Å². The zero-order valence-corrected chi connectivity index (χ0v) is 11.9. The molecule has 0 bridgehead atoms. The van der Waals surface area contributed by atoms with Gasteiger partial charge in [-0.2, -0.15) is 0 Å². The van der Waals surface area contributed by atoms with E-state index < -0.39 is 0 Å². The maximum absolute atomic E-state index is 12.2. The molecule has 19 heavy (non-hydrogen) atoms. The van der Waals surface area contributed by atoms with Gasteiger partial charge in [-0.25, -0.2) is 0 Å². The standard InChI is InChI=1S/C15H25N2O2/c1-17-10-3-2-7-13(17)12(6-5-11-17)16-14(18)8-4-9-15(16)19/h12-13H,2-11H2,1H3/q+1/t12-,13-,17-/m1/s1. The van der Waals surface area contributed by atoms with Gasteiger partial charge < -0.3 is 4.48 Å². The van der Waals surface area contributed by atoms with Crippen LogP contribution in [0.4, 0.5) is 0 Å². The lowest BCUT2D eigenvalue weighted by atomic mass is 9.84. The van der Waals surface area contributed by atoms with Crippen LogP contribution in [-0.2, 0) is 9.59 Å². The summed E-state index contributed by atoms with van der Waals surface area (Å²) in [4.78, 5) is 26.0. The van der Waals surface area contributed by atoms with Gasteiger partial charge in [-0.3, -0.25) is 14.5 Å². The number of piperidine rings is 3. The topological polar surface area (TPSA) is 37.4 Å². The summed E-state index contributed by atoms with van der Waals surface area (Å²) in [5, 5.41) is 0. The number of carbonyl (C=O) groups excluding carboxylic acids is 2. The Morgan fingerprint density at radius 1 is 0.947 bits per heavy atom. The Kier molecular flexibility index (Phi) is 3.37. The van der Waals surface area contributed by atoms with Crippen LogP contribution in [0.5, 0.6) is 0 Å². The number of nitrogens with zero attached hydrogens (tertiary/aromatic N) is 2. The SMILES string of the molecule is C[N@+]12CCCC[C@@H]1[C@H](N1C(=O)CCCC1=O)CCC2. The highest BCUT2D eigenvalue weighted by atomic mass is 16.2. The predicted octanol–water partition coefficient (Wildman–Crippen LogP) is 1.69. The molecular weight excluding hydrogens is 240 g/mol. The van der Waals surface area contributed by atoms with Crippen LogP contribution in [0, 0.1) is 0 Å². The normalized spacial score (nSPS) is 40.2. The molecule has 0 N–H and O–H groups in total. The monoisotopic (exact) mass is 265 g/mol. The van der Waals surface area contributed by atoms with E-state index >= 15 is 0 Å². The summed E-state index contributed by atoms with van der Waals surface area (Å²) < 4.78 is 1.09. The van der Waals surface area contributed by atoms with Gasteiger partial charge in [-0.15, -0.1) is 0 Å². The molecule has 0 aromatic carbocycles. The van der Waals surface area contributed by atoms with Crippen molar-refractivity contribution >= 4 is 11.8 Å². The van der Waals surface area contributed by atoms with E-state index in [0.717, 1.165) is 23.7 Å². The third kappa shape index (κ3) is 2.20. The highest BCUT2D eigenvalue weighted by Crippen LogP contribution is 2.36. The number of imide groups is 1. The Morgan fingerprint density at radius 2 is 1.63 bits per heavy atom. The summed E-state index contributed by atoms with van der Waals surface area (Å²) in [5.41, 5.74) is 0. The lowest BCUT2D eigenvalue weighted by molar-refractivity contribution is -0.944. The molecule has 0 aliphatic carbocycles. The van der Waals surface area contributed by atoms with Crippen LogP contribution < -0.4 is 0 Å². The minimum absolute atomic E-state index is 0.0836. The first-order chi connectivity index (χ1) is 9.12. The van der Waals surface area contributed by atoms with Crippen LogP contribution in [0.1, 0.15) is 51.4 Å². The average Bonchev–Trinajstić information content (AvgIpc) is 2.38. The molecule has 0 saturated carbocycles. The van der Waals surface area contributed by atoms with Crippen LogP contribution in [0.2, 0.25) is 0 Å². The van der Waals surface area contributed by atoms with Gasteiger partial charge in [0.1, 0.15) is 6.04 Å². The largest absolute Gasteiger partial charge is 0.322 e. The highest BCUT2D eigenvalue weighted by Gasteiger charge is 2.48. The summed E-state index contributed by atoms with van der Waals surface area (Å²) in [7, 11) is 2.33. The van der Waals surface area contributed by atoms with Gasteiger partial charge >= 0.3 is 0 Å². The van der Waals surface area contributed by atoms with Crippen molar-refractivity contribution in [2.45, 2.75) is 63.5 Å². The number of quaternary nitrogens is 1. The van der Waals surface area contributed by atoms with Crippen molar-refractivity contribution in [3.8, 4) is 0 Å². The molecule has 3 fully saturated rings. The predicted molar refractivity (Wildman–Crippen MR) is 72.3 cm³/mol. The molecule has 0 aromatic heterocycles. The van der Waals surface area contributed by atoms with E-state index in [-0.39, 0.29) is 17.9 Å². The van der Waals surface area contributed by atoms with Crippen molar-refractivity contribution in [2.24, 2.45) is 0 Å². The maximum atomic E-state index is 12.2. The molecule has 106 valence electrons. The molecule has 0 spiro atoms. The van der Waals surface area contributed by atoms with E-state index in [1.165, 1.54) is 32.4 Å². The van der Waals surface area contributed by atoms with Crippen LogP contribution in [0.25, 0.3) is 0 Å². The Balaban J connectivity index is 1.86. The van der Waals surface area contributed by atoms with E-state index in [9.17, 15) is 9.59 Å². The van der Waals surface area contributed by atoms with Crippen LogP contribution in [0.3, 0.4) is 0 Å². The third-order valence-electron chi connectivity index (χ3n) is 5.48. The molecule has 4 heteroatoms. The van der Waals surface area contributed by atoms with Gasteiger partial charge in [-0.05, 0) is 32.1 Å². The number of hydrogen-bond donors (Lipinski definition) is 0. The fraction of sp³-hybridized carbons (Fsp3) is 0.867. The Bertz CT molecular complexity index is 376. The quantitative estimate of drug-likeness (QED) is 0.534. The zero-order chi connectivity index (χ0) is 13.5. The van der Waals surface area contributed by atoms with Crippen molar-refractivity contribution < 1.29 is 14.1 Å². The van der Waals surface area contributed by atoms with Gasteiger partial charge in [-0.1, -0.05) is 0 Å². The number of fused-ring (bicyclic) bond motifs is 1. The Morgan fingerprint density at radius 3 is 2.37 bits per heavy atom. The summed E-state index contributed by atoms with van der Waals surface area (Å²) in [6.45, 7) is 2.44. The lowest BCUT2D eigenvalue weighted by Crippen LogP contribution is -2.67. The molecule has 4 nitrogen and oxygen atoms in total. The second-order valence-electron chi connectivity index (χ2n) is 6.71. The molecule has 0 unspecified atom stereocenters. The van der Waals surface area contributed by atoms with Crippen molar-refractivity contribution in [2.75, 3.05) is 20.1 Å². The molecule has 2 amide bonds. The summed E-state index contributed by atoms with van der Waals surface area (Å²) in [5.74, 6) is 0.167. The van der Waals surface area contributed by atoms with Crippen LogP contribution in [0.15, 0.2) is 0 Å². The van der Waals surface area contributed by atoms with Crippen molar-refractivity contribution in [3.63, 3.8) is 0 Å². The van der Waals surface area contributed by atoms with E-state index in [0.29, 0.717) is 18.9 Å². The molecule has 3 rings (SSSR count). The van der Waals surface area contributed by atoms with Gasteiger partial charge in [0.15, 0.2) is 0 Å². The van der Waals surface area contributed by atoms with E-state index in [4.69, 9.17) is 0 Å². The maximum Gasteiger partial charge on any atom is 0.229 e. The van der Waals surface area contributed by atoms with Gasteiger partial charge in [0.2, 0.25) is 11.8 Å². The molecule has 3 saturated heterocycles. The minimum Gasteiger partial charge on any atom is -0.322 e. The lowest BCUT2D eigenvalue weighted by Gasteiger charge is -2.53. The summed E-state index contributed by atoms with van der Waals surface area (Å²) in [6, 6.07) is 0.674. The smallest absolute Gasteiger partial charge is 0.229 e. The van der Waals surface area contributed by atoms with E-state index in [1.54, 1.807) is 4.90 Å². The highest BCUT2D eigenvalue weighted by molar-refractivity contribution is 5.98. The summed E-state index contributed by atoms with van der Waals surface area (Å²) in [6.07, 6.45) is 7.78. The zero-order valence-electron chi connectivity index (χ0n) is 11.9. The van der Waals surface area contributed by atoms with Crippen LogP contribution >= 0.6 is 0 Å². The first-order valence-corrected chi connectivity index (χ1v) is 7.81. The van der Waals surface area contributed by atoms with E-state index in [2.05, 4.69) is 7.05 Å². The molecule has 0 radical (unpaired) electrons. The molecule has 0 aromatic rings. The third-order valence-corrected chi connectivity index (χ3v) is 5.48. The fourth-order valence-electron chi connectivity index (χ4n) is 4.49. The molecule has 3 heterocycles. The average molecular weight is 265 g/mol. The number of rotatable bonds is 1. The fourth-order valence-corrected chi connectivity index (χ4v) is 4.49. The summed E-state index contributed by atoms with van der Waals surface area (Å²) >= 11 is 0. The van der Waals surface area contributed by atoms with Crippen molar-refractivity contribution in [1.29, 1.82) is 0 Å². The number of likely N-dealkylation sites (tertiary alicyclic amines) is 1. The Hall–Kier alpha value is -0.900. The number of carbonyl (C=O) groups is 2. The molecule has 3 aliphatic heterocycles. The number of likely N-dealkylation sites (N-methyl/N-ethyl adjacent to an activating group) is 1. The first-order valence-electron chi connectivity index (χ1n) is 7.81. The van der Waals surface area contributed by atoms with E-state index in [1.807, 2.05) is 0 Å². The van der Waals surface area contributed by atoms with Gasteiger partial charge in [0, 0.05) is 19.3 Å². The van der Waals surface area contributed by atoms with Gasteiger partial charge in [0.25, 0.3) is 0 Å². The molecular formula is C15H25N2O2+.